The van der Waals surface area contributed by atoms with E-state index in [9.17, 15) is 14.4 Å². The van der Waals surface area contributed by atoms with Gasteiger partial charge in [-0.15, -0.1) is 17.9 Å². The molecular formula is C25H26N2O6S. The Balaban J connectivity index is 1.74. The Kier molecular flexibility index (Phi) is 8.26. The predicted molar refractivity (Wildman–Crippen MR) is 129 cm³/mol. The van der Waals surface area contributed by atoms with Crippen LogP contribution in [0.15, 0.2) is 53.5 Å². The molecule has 3 N–H and O–H groups in total. The minimum atomic E-state index is -0.693. The zero-order valence-electron chi connectivity index (χ0n) is 19.0. The Morgan fingerprint density at radius 1 is 1.21 bits per heavy atom. The number of ether oxygens (including phenoxy) is 2. The Morgan fingerprint density at radius 2 is 1.97 bits per heavy atom. The van der Waals surface area contributed by atoms with Crippen molar-refractivity contribution in [2.75, 3.05) is 11.9 Å². The molecular weight excluding hydrogens is 456 g/mol. The number of thiophene rings is 1. The van der Waals surface area contributed by atoms with Crippen molar-refractivity contribution in [3.63, 3.8) is 0 Å². The molecule has 2 amide bonds. The molecule has 0 bridgehead atoms. The number of allylic oxidation sites excluding steroid dienone is 1. The maximum absolute atomic E-state index is 12.8. The molecule has 2 aromatic heterocycles. The molecule has 0 saturated heterocycles. The van der Waals surface area contributed by atoms with Gasteiger partial charge in [-0.1, -0.05) is 31.2 Å². The lowest BCUT2D eigenvalue weighted by molar-refractivity contribution is 0.0506. The third kappa shape index (κ3) is 5.74. The van der Waals surface area contributed by atoms with Gasteiger partial charge in [0.05, 0.1) is 17.0 Å². The SMILES string of the molecule is C=CCc1ccccc1OCc1ccc(C(=O)Nc2sc(C(N)=O)c(C)c2C(=O)OCCC)o1. The summed E-state index contributed by atoms with van der Waals surface area (Å²) in [5.41, 5.74) is 6.88. The zero-order chi connectivity index (χ0) is 24.7. The molecule has 0 aliphatic carbocycles. The van der Waals surface area contributed by atoms with Crippen LogP contribution in [0.3, 0.4) is 0 Å². The second kappa shape index (κ2) is 11.3. The van der Waals surface area contributed by atoms with E-state index in [1.54, 1.807) is 19.1 Å². The van der Waals surface area contributed by atoms with E-state index in [2.05, 4.69) is 11.9 Å². The number of furan rings is 1. The number of primary amides is 1. The van der Waals surface area contributed by atoms with Gasteiger partial charge in [-0.05, 0) is 49.1 Å². The van der Waals surface area contributed by atoms with E-state index in [1.807, 2.05) is 31.2 Å². The van der Waals surface area contributed by atoms with Crippen molar-refractivity contribution in [2.45, 2.75) is 33.3 Å². The van der Waals surface area contributed by atoms with Crippen LogP contribution in [0.5, 0.6) is 5.75 Å². The number of hydrogen-bond donors (Lipinski definition) is 2. The zero-order valence-corrected chi connectivity index (χ0v) is 19.8. The molecule has 0 atom stereocenters. The first kappa shape index (κ1) is 24.8. The van der Waals surface area contributed by atoms with Crippen LogP contribution in [0.1, 0.15) is 60.8 Å². The van der Waals surface area contributed by atoms with Gasteiger partial charge in [-0.2, -0.15) is 0 Å². The highest BCUT2D eigenvalue weighted by Crippen LogP contribution is 2.34. The number of nitrogens with two attached hydrogens (primary N) is 1. The lowest BCUT2D eigenvalue weighted by Crippen LogP contribution is -2.15. The van der Waals surface area contributed by atoms with Gasteiger partial charge in [0.1, 0.15) is 23.1 Å². The van der Waals surface area contributed by atoms with Crippen LogP contribution in [0.4, 0.5) is 5.00 Å². The van der Waals surface area contributed by atoms with Gasteiger partial charge < -0.3 is 24.9 Å². The molecule has 3 aromatic rings. The Labute approximate surface area is 201 Å². The minimum Gasteiger partial charge on any atom is -0.485 e. The predicted octanol–water partition coefficient (Wildman–Crippen LogP) is 4.88. The fourth-order valence-electron chi connectivity index (χ4n) is 3.21. The van der Waals surface area contributed by atoms with Crippen molar-refractivity contribution in [3.05, 3.63) is 82.1 Å². The summed E-state index contributed by atoms with van der Waals surface area (Å²) in [5, 5.41) is 2.81. The molecule has 34 heavy (non-hydrogen) atoms. The Bertz CT molecular complexity index is 1210. The molecule has 9 heteroatoms. The molecule has 0 radical (unpaired) electrons. The normalized spacial score (nSPS) is 10.5. The lowest BCUT2D eigenvalue weighted by Gasteiger charge is -2.09. The van der Waals surface area contributed by atoms with E-state index in [0.29, 0.717) is 29.9 Å². The van der Waals surface area contributed by atoms with Gasteiger partial charge in [0.25, 0.3) is 11.8 Å². The molecule has 0 fully saturated rings. The minimum absolute atomic E-state index is 0.0255. The molecule has 0 aliphatic heterocycles. The van der Waals surface area contributed by atoms with Crippen molar-refractivity contribution < 1.29 is 28.3 Å². The monoisotopic (exact) mass is 482 g/mol. The maximum Gasteiger partial charge on any atom is 0.341 e. The molecule has 0 aliphatic rings. The van der Waals surface area contributed by atoms with Gasteiger partial charge in [-0.3, -0.25) is 9.59 Å². The third-order valence-electron chi connectivity index (χ3n) is 4.83. The number of nitrogens with one attached hydrogen (secondary N) is 1. The van der Waals surface area contributed by atoms with Crippen molar-refractivity contribution in [1.29, 1.82) is 0 Å². The fourth-order valence-corrected chi connectivity index (χ4v) is 4.25. The highest BCUT2D eigenvalue weighted by Gasteiger charge is 2.26. The van der Waals surface area contributed by atoms with E-state index >= 15 is 0 Å². The van der Waals surface area contributed by atoms with E-state index in [1.165, 1.54) is 6.07 Å². The highest BCUT2D eigenvalue weighted by atomic mass is 32.1. The van der Waals surface area contributed by atoms with Crippen LogP contribution >= 0.6 is 11.3 Å². The number of esters is 1. The first-order valence-corrected chi connectivity index (χ1v) is 11.5. The first-order chi connectivity index (χ1) is 16.3. The van der Waals surface area contributed by atoms with Gasteiger partial charge in [0, 0.05) is 0 Å². The molecule has 178 valence electrons. The van der Waals surface area contributed by atoms with Gasteiger partial charge in [0.15, 0.2) is 5.76 Å². The average Bonchev–Trinajstić information content (AvgIpc) is 3.42. The summed E-state index contributed by atoms with van der Waals surface area (Å²) >= 11 is 0.918. The third-order valence-corrected chi connectivity index (χ3v) is 6.05. The quantitative estimate of drug-likeness (QED) is 0.297. The van der Waals surface area contributed by atoms with Crippen molar-refractivity contribution in [3.8, 4) is 5.75 Å². The molecule has 1 aromatic carbocycles. The van der Waals surface area contributed by atoms with Crippen LogP contribution in [-0.4, -0.2) is 24.4 Å². The first-order valence-electron chi connectivity index (χ1n) is 10.7. The Hall–Kier alpha value is -3.85. The molecule has 2 heterocycles. The van der Waals surface area contributed by atoms with Gasteiger partial charge in [-0.25, -0.2) is 4.79 Å². The number of rotatable bonds is 11. The Morgan fingerprint density at radius 3 is 2.68 bits per heavy atom. The maximum atomic E-state index is 12.8. The van der Waals surface area contributed by atoms with Crippen LogP contribution in [0.2, 0.25) is 0 Å². The number of carbonyl (C=O) groups is 3. The van der Waals surface area contributed by atoms with Crippen LogP contribution in [-0.2, 0) is 17.8 Å². The summed E-state index contributed by atoms with van der Waals surface area (Å²) in [6.07, 6.45) is 3.09. The number of para-hydroxylation sites is 1. The summed E-state index contributed by atoms with van der Waals surface area (Å²) in [4.78, 5) is 37.3. The smallest absolute Gasteiger partial charge is 0.341 e. The van der Waals surface area contributed by atoms with Crippen molar-refractivity contribution in [1.82, 2.24) is 0 Å². The number of benzene rings is 1. The van der Waals surface area contributed by atoms with Crippen LogP contribution < -0.4 is 15.8 Å². The number of amides is 2. The summed E-state index contributed by atoms with van der Waals surface area (Å²) < 4.78 is 16.7. The average molecular weight is 483 g/mol. The highest BCUT2D eigenvalue weighted by molar-refractivity contribution is 7.18. The second-order valence-electron chi connectivity index (χ2n) is 7.37. The van der Waals surface area contributed by atoms with E-state index < -0.39 is 17.8 Å². The number of hydrogen-bond acceptors (Lipinski definition) is 7. The largest absolute Gasteiger partial charge is 0.485 e. The topological polar surface area (TPSA) is 121 Å². The number of carbonyl (C=O) groups excluding carboxylic acids is 3. The molecule has 3 rings (SSSR count). The standard InChI is InChI=1S/C25H26N2O6S/c1-4-8-16-9-6-7-10-18(16)32-14-17-11-12-19(33-17)23(29)27-24-20(25(30)31-13-5-2)15(3)21(34-24)22(26)28/h4,6-7,9-12H,1,5,8,13-14H2,2-3H3,(H2,26,28)(H,27,29). The van der Waals surface area contributed by atoms with E-state index in [-0.39, 0.29) is 34.4 Å². The molecule has 0 saturated carbocycles. The van der Waals surface area contributed by atoms with E-state index in [4.69, 9.17) is 19.6 Å². The van der Waals surface area contributed by atoms with Gasteiger partial charge >= 0.3 is 5.97 Å². The molecule has 0 spiro atoms. The van der Waals surface area contributed by atoms with E-state index in [0.717, 1.165) is 16.9 Å². The number of anilines is 1. The lowest BCUT2D eigenvalue weighted by atomic mass is 10.1. The van der Waals surface area contributed by atoms with Gasteiger partial charge in [0.2, 0.25) is 0 Å². The summed E-state index contributed by atoms with van der Waals surface area (Å²) in [5.74, 6) is -0.737. The second-order valence-corrected chi connectivity index (χ2v) is 8.39. The fraction of sp³-hybridized carbons (Fsp3) is 0.240. The summed E-state index contributed by atoms with van der Waals surface area (Å²) in [7, 11) is 0. The molecule has 8 nitrogen and oxygen atoms in total. The molecule has 0 unspecified atom stereocenters. The summed E-state index contributed by atoms with van der Waals surface area (Å²) in [6, 6.07) is 10.7. The van der Waals surface area contributed by atoms with Crippen LogP contribution in [0, 0.1) is 6.92 Å². The van der Waals surface area contributed by atoms with Crippen molar-refractivity contribution in [2.24, 2.45) is 5.73 Å². The summed E-state index contributed by atoms with van der Waals surface area (Å²) in [6.45, 7) is 7.53. The van der Waals surface area contributed by atoms with Crippen molar-refractivity contribution >= 4 is 34.1 Å². The van der Waals surface area contributed by atoms with Crippen LogP contribution in [0.25, 0.3) is 0 Å².